The quantitative estimate of drug-likeness (QED) is 0.293. The van der Waals surface area contributed by atoms with Crippen molar-refractivity contribution in [1.82, 2.24) is 0 Å². The van der Waals surface area contributed by atoms with E-state index in [0.717, 1.165) is 16.7 Å². The molecular weight excluding hydrogens is 453 g/mol. The van der Waals surface area contributed by atoms with Gasteiger partial charge in [-0.1, -0.05) is 114 Å². The number of halogens is 2. The Morgan fingerprint density at radius 3 is 1.85 bits per heavy atom. The average Bonchev–Trinajstić information content (AvgIpc) is 2.85. The van der Waals surface area contributed by atoms with Crippen LogP contribution in [0.15, 0.2) is 108 Å². The van der Waals surface area contributed by atoms with Gasteiger partial charge in [0.1, 0.15) is 11.4 Å². The summed E-state index contributed by atoms with van der Waals surface area (Å²) in [4.78, 5) is 4.80. The van der Waals surface area contributed by atoms with E-state index >= 15 is 0 Å². The molecule has 0 bridgehead atoms. The Hall–Kier alpha value is -3.11. The number of nitrogens with zero attached hydrogens (tertiary/aromatic N) is 1. The van der Waals surface area contributed by atoms with Crippen molar-refractivity contribution in [3.63, 3.8) is 0 Å². The molecule has 0 radical (unpaired) electrons. The third-order valence-corrected chi connectivity index (χ3v) is 6.14. The average molecular weight is 476 g/mol. The van der Waals surface area contributed by atoms with E-state index in [2.05, 4.69) is 0 Å². The van der Waals surface area contributed by atoms with Gasteiger partial charge in [-0.25, -0.2) is 0 Å². The number of benzene rings is 4. The Kier molecular flexibility index (Phi) is 7.14. The molecule has 0 saturated heterocycles. The van der Waals surface area contributed by atoms with Crippen molar-refractivity contribution < 1.29 is 10.2 Å². The molecule has 4 aromatic carbocycles. The lowest BCUT2D eigenvalue weighted by atomic mass is 9.78. The lowest BCUT2D eigenvalue weighted by Gasteiger charge is -2.35. The van der Waals surface area contributed by atoms with E-state index in [-0.39, 0.29) is 10.8 Å². The first-order valence-corrected chi connectivity index (χ1v) is 11.3. The summed E-state index contributed by atoms with van der Waals surface area (Å²) in [5.41, 5.74) is 1.44. The number of hydrogen-bond donors (Lipinski definition) is 2. The normalized spacial score (nSPS) is 12.7. The molecule has 0 fully saturated rings. The maximum atomic E-state index is 12.3. The minimum atomic E-state index is -1.42. The third kappa shape index (κ3) is 5.12. The second-order valence-corrected chi connectivity index (χ2v) is 8.65. The van der Waals surface area contributed by atoms with Crippen LogP contribution in [0.5, 0.6) is 5.75 Å². The molecule has 33 heavy (non-hydrogen) atoms. The van der Waals surface area contributed by atoms with Crippen molar-refractivity contribution in [1.29, 1.82) is 0 Å². The summed E-state index contributed by atoms with van der Waals surface area (Å²) in [7, 11) is 0. The summed E-state index contributed by atoms with van der Waals surface area (Å²) in [5, 5.41) is 23.3. The van der Waals surface area contributed by atoms with Gasteiger partial charge in [-0.05, 0) is 35.2 Å². The number of aromatic hydroxyl groups is 1. The summed E-state index contributed by atoms with van der Waals surface area (Å²) in [6.07, 6.45) is 1.99. The Labute approximate surface area is 203 Å². The Morgan fingerprint density at radius 1 is 0.788 bits per heavy atom. The van der Waals surface area contributed by atoms with Crippen LogP contribution >= 0.6 is 23.2 Å². The number of aliphatic hydroxyl groups is 1. The fraction of sp³-hybridized carbons (Fsp3) is 0.107. The maximum Gasteiger partial charge on any atom is 0.143 e. The molecule has 1 atom stereocenters. The van der Waals surface area contributed by atoms with Crippen LogP contribution in [0.25, 0.3) is 0 Å². The van der Waals surface area contributed by atoms with Gasteiger partial charge in [0.15, 0.2) is 0 Å². The lowest BCUT2D eigenvalue weighted by molar-refractivity contribution is 0.0528. The van der Waals surface area contributed by atoms with Gasteiger partial charge in [-0.3, -0.25) is 4.99 Å². The first kappa shape index (κ1) is 23.1. The van der Waals surface area contributed by atoms with Crippen LogP contribution in [-0.2, 0) is 12.0 Å². The van der Waals surface area contributed by atoms with Gasteiger partial charge < -0.3 is 10.2 Å². The highest BCUT2D eigenvalue weighted by molar-refractivity contribution is 6.36. The van der Waals surface area contributed by atoms with E-state index in [1.807, 2.05) is 91.0 Å². The van der Waals surface area contributed by atoms with Gasteiger partial charge >= 0.3 is 0 Å². The molecule has 0 aliphatic heterocycles. The zero-order valence-electron chi connectivity index (χ0n) is 17.8. The largest absolute Gasteiger partial charge is 0.506 e. The predicted molar refractivity (Wildman–Crippen MR) is 136 cm³/mol. The Balaban J connectivity index is 1.87. The SMILES string of the molecule is Oc1c(Cl)cc(Cl)cc1C=N[C@@H](Cc1ccccc1)C(O)(c1ccccc1)c1ccccc1. The summed E-state index contributed by atoms with van der Waals surface area (Å²) in [6.45, 7) is 0. The fourth-order valence-electron chi connectivity index (χ4n) is 3.94. The molecule has 5 heteroatoms. The van der Waals surface area contributed by atoms with Crippen molar-refractivity contribution in [2.24, 2.45) is 4.99 Å². The molecule has 3 nitrogen and oxygen atoms in total. The Bertz CT molecular complexity index is 1190. The molecule has 0 spiro atoms. The number of aliphatic imine (C=N–C) groups is 1. The number of hydrogen-bond acceptors (Lipinski definition) is 3. The highest BCUT2D eigenvalue weighted by Gasteiger charge is 2.40. The topological polar surface area (TPSA) is 52.8 Å². The Morgan fingerprint density at radius 2 is 1.30 bits per heavy atom. The highest BCUT2D eigenvalue weighted by atomic mass is 35.5. The molecule has 0 aromatic heterocycles. The van der Waals surface area contributed by atoms with Crippen LogP contribution < -0.4 is 0 Å². The first-order chi connectivity index (χ1) is 16.0. The molecular formula is C28H23Cl2NO2. The smallest absolute Gasteiger partial charge is 0.143 e. The van der Waals surface area contributed by atoms with Crippen LogP contribution in [0.3, 0.4) is 0 Å². The van der Waals surface area contributed by atoms with Crippen LogP contribution in [0.1, 0.15) is 22.3 Å². The summed E-state index contributed by atoms with van der Waals surface area (Å²) >= 11 is 12.2. The van der Waals surface area contributed by atoms with E-state index in [1.54, 1.807) is 6.07 Å². The molecule has 2 N–H and O–H groups in total. The van der Waals surface area contributed by atoms with E-state index < -0.39 is 11.6 Å². The summed E-state index contributed by atoms with van der Waals surface area (Å²) in [5.74, 6) is -0.105. The van der Waals surface area contributed by atoms with Crippen LogP contribution in [0, 0.1) is 0 Å². The van der Waals surface area contributed by atoms with E-state index in [0.29, 0.717) is 17.0 Å². The molecule has 4 rings (SSSR count). The van der Waals surface area contributed by atoms with Crippen molar-refractivity contribution in [2.45, 2.75) is 18.1 Å². The van der Waals surface area contributed by atoms with Crippen molar-refractivity contribution in [3.05, 3.63) is 135 Å². The van der Waals surface area contributed by atoms with Crippen molar-refractivity contribution >= 4 is 29.4 Å². The van der Waals surface area contributed by atoms with Crippen LogP contribution in [0.4, 0.5) is 0 Å². The van der Waals surface area contributed by atoms with Gasteiger partial charge in [0.25, 0.3) is 0 Å². The molecule has 4 aromatic rings. The molecule has 0 aliphatic carbocycles. The maximum absolute atomic E-state index is 12.3. The summed E-state index contributed by atoms with van der Waals surface area (Å²) < 4.78 is 0. The lowest BCUT2D eigenvalue weighted by Crippen LogP contribution is -2.41. The molecule has 0 unspecified atom stereocenters. The number of phenolic OH excluding ortho intramolecular Hbond substituents is 1. The van der Waals surface area contributed by atoms with Gasteiger partial charge in [-0.15, -0.1) is 0 Å². The fourth-order valence-corrected chi connectivity index (χ4v) is 4.45. The summed E-state index contributed by atoms with van der Waals surface area (Å²) in [6, 6.07) is 31.4. The minimum absolute atomic E-state index is 0.105. The van der Waals surface area contributed by atoms with Gasteiger partial charge in [0.2, 0.25) is 0 Å². The zero-order chi connectivity index (χ0) is 23.3. The zero-order valence-corrected chi connectivity index (χ0v) is 19.3. The van der Waals surface area contributed by atoms with Crippen molar-refractivity contribution in [2.75, 3.05) is 0 Å². The van der Waals surface area contributed by atoms with E-state index in [1.165, 1.54) is 12.3 Å². The van der Waals surface area contributed by atoms with Crippen LogP contribution in [0.2, 0.25) is 10.0 Å². The highest BCUT2D eigenvalue weighted by Crippen LogP contribution is 2.37. The van der Waals surface area contributed by atoms with E-state index in [9.17, 15) is 10.2 Å². The second-order valence-electron chi connectivity index (χ2n) is 7.81. The van der Waals surface area contributed by atoms with Gasteiger partial charge in [-0.2, -0.15) is 0 Å². The molecule has 0 saturated carbocycles. The second kappa shape index (κ2) is 10.2. The van der Waals surface area contributed by atoms with Crippen LogP contribution in [-0.4, -0.2) is 22.5 Å². The molecule has 0 aliphatic rings. The standard InChI is InChI=1S/C28H23Cl2NO2/c29-24-17-21(27(32)25(30)18-24)19-31-26(16-20-10-4-1-5-11-20)28(33,22-12-6-2-7-13-22)23-14-8-3-9-15-23/h1-15,17-19,26,32-33H,16H2/t26-/m0/s1. The molecule has 0 amide bonds. The third-order valence-electron chi connectivity index (χ3n) is 5.63. The monoisotopic (exact) mass is 475 g/mol. The molecule has 166 valence electrons. The van der Waals surface area contributed by atoms with Gasteiger partial charge in [0, 0.05) is 16.8 Å². The van der Waals surface area contributed by atoms with Crippen molar-refractivity contribution in [3.8, 4) is 5.75 Å². The number of phenols is 1. The van der Waals surface area contributed by atoms with E-state index in [4.69, 9.17) is 28.2 Å². The number of rotatable bonds is 7. The molecule has 0 heterocycles. The minimum Gasteiger partial charge on any atom is -0.506 e. The predicted octanol–water partition coefficient (Wildman–Crippen LogP) is 6.67. The first-order valence-electron chi connectivity index (χ1n) is 10.6. The van der Waals surface area contributed by atoms with Gasteiger partial charge in [0.05, 0.1) is 11.1 Å².